The van der Waals surface area contributed by atoms with E-state index in [1.165, 1.54) is 51.4 Å². The van der Waals surface area contributed by atoms with Gasteiger partial charge in [-0.15, -0.1) is 0 Å². The van der Waals surface area contributed by atoms with Gasteiger partial charge >= 0.3 is 0 Å². The summed E-state index contributed by atoms with van der Waals surface area (Å²) in [5.74, 6) is 3.07. The van der Waals surface area contributed by atoms with Crippen LogP contribution in [-0.4, -0.2) is 12.6 Å². The first-order valence-corrected chi connectivity index (χ1v) is 7.53. The van der Waals surface area contributed by atoms with Crippen molar-refractivity contribution in [2.24, 2.45) is 17.8 Å². The lowest BCUT2D eigenvalue weighted by Crippen LogP contribution is -2.31. The summed E-state index contributed by atoms with van der Waals surface area (Å²) >= 11 is 0. The van der Waals surface area contributed by atoms with E-state index in [0.717, 1.165) is 30.3 Å². The van der Waals surface area contributed by atoms with Crippen LogP contribution in [0, 0.1) is 17.8 Å². The Morgan fingerprint density at radius 2 is 2.00 bits per heavy atom. The Bertz CT molecular complexity index is 198. The molecule has 2 aliphatic carbocycles. The largest absolute Gasteiger partial charge is 0.314 e. The molecule has 2 saturated carbocycles. The molecule has 0 saturated heterocycles. The van der Waals surface area contributed by atoms with Gasteiger partial charge in [0.25, 0.3) is 0 Å². The van der Waals surface area contributed by atoms with E-state index < -0.39 is 0 Å². The van der Waals surface area contributed by atoms with E-state index in [2.05, 4.69) is 19.2 Å². The van der Waals surface area contributed by atoms with Gasteiger partial charge in [0, 0.05) is 6.04 Å². The second-order valence-corrected chi connectivity index (χ2v) is 6.22. The highest BCUT2D eigenvalue weighted by atomic mass is 14.9. The highest BCUT2D eigenvalue weighted by Gasteiger charge is 2.31. The van der Waals surface area contributed by atoms with E-state index >= 15 is 0 Å². The van der Waals surface area contributed by atoms with E-state index in [4.69, 9.17) is 0 Å². The molecule has 0 radical (unpaired) electrons. The maximum Gasteiger partial charge on any atom is 0.00953 e. The summed E-state index contributed by atoms with van der Waals surface area (Å²) < 4.78 is 0. The summed E-state index contributed by atoms with van der Waals surface area (Å²) in [7, 11) is 0. The molecule has 0 amide bonds. The van der Waals surface area contributed by atoms with E-state index in [9.17, 15) is 0 Å². The quantitative estimate of drug-likeness (QED) is 0.718. The fourth-order valence-electron chi connectivity index (χ4n) is 3.50. The Balaban J connectivity index is 1.67. The predicted octanol–water partition coefficient (Wildman–Crippen LogP) is 3.98. The Morgan fingerprint density at radius 1 is 1.19 bits per heavy atom. The molecule has 0 heterocycles. The lowest BCUT2D eigenvalue weighted by molar-refractivity contribution is 0.253. The first-order valence-electron chi connectivity index (χ1n) is 7.53. The maximum absolute atomic E-state index is 3.70. The maximum atomic E-state index is 3.70. The highest BCUT2D eigenvalue weighted by molar-refractivity contribution is 4.86. The molecule has 3 atom stereocenters. The molecule has 0 bridgehead atoms. The van der Waals surface area contributed by atoms with Crippen LogP contribution in [0.4, 0.5) is 0 Å². The predicted molar refractivity (Wildman–Crippen MR) is 70.5 cm³/mol. The van der Waals surface area contributed by atoms with Crippen LogP contribution in [0.15, 0.2) is 0 Å². The van der Waals surface area contributed by atoms with Crippen molar-refractivity contribution in [3.05, 3.63) is 0 Å². The highest BCUT2D eigenvalue weighted by Crippen LogP contribution is 2.37. The Kier molecular flexibility index (Phi) is 4.69. The molecule has 1 N–H and O–H groups in total. The van der Waals surface area contributed by atoms with Gasteiger partial charge in [0.2, 0.25) is 0 Å². The SMILES string of the molecule is CCNC(CCC1CCCC(C)C1)C1CC1. The molecule has 2 rings (SSSR count). The molecule has 0 spiro atoms. The van der Waals surface area contributed by atoms with Crippen LogP contribution >= 0.6 is 0 Å². The number of nitrogens with one attached hydrogen (secondary N) is 1. The van der Waals surface area contributed by atoms with Gasteiger partial charge in [0.1, 0.15) is 0 Å². The molecular weight excluding hydrogens is 194 g/mol. The molecule has 1 nitrogen and oxygen atoms in total. The topological polar surface area (TPSA) is 12.0 Å². The average molecular weight is 223 g/mol. The zero-order chi connectivity index (χ0) is 11.4. The standard InChI is InChI=1S/C15H29N/c1-3-16-15(14-8-9-14)10-7-13-6-4-5-12(2)11-13/h12-16H,3-11H2,1-2H3. The molecule has 94 valence electrons. The first-order chi connectivity index (χ1) is 7.79. The monoisotopic (exact) mass is 223 g/mol. The van der Waals surface area contributed by atoms with Crippen molar-refractivity contribution in [1.29, 1.82) is 0 Å². The first kappa shape index (κ1) is 12.4. The molecule has 0 aliphatic heterocycles. The lowest BCUT2D eigenvalue weighted by Gasteiger charge is -2.28. The van der Waals surface area contributed by atoms with E-state index in [0.29, 0.717) is 0 Å². The summed E-state index contributed by atoms with van der Waals surface area (Å²) in [6.07, 6.45) is 11.9. The van der Waals surface area contributed by atoms with Gasteiger partial charge < -0.3 is 5.32 Å². The number of hydrogen-bond donors (Lipinski definition) is 1. The summed E-state index contributed by atoms with van der Waals surface area (Å²) in [5, 5.41) is 3.70. The fourth-order valence-corrected chi connectivity index (χ4v) is 3.50. The molecule has 16 heavy (non-hydrogen) atoms. The molecule has 1 heteroatoms. The van der Waals surface area contributed by atoms with Crippen molar-refractivity contribution < 1.29 is 0 Å². The molecule has 0 aromatic heterocycles. The minimum Gasteiger partial charge on any atom is -0.314 e. The Labute approximate surface area is 101 Å². The van der Waals surface area contributed by atoms with Crippen LogP contribution in [0.3, 0.4) is 0 Å². The van der Waals surface area contributed by atoms with Crippen molar-refractivity contribution in [1.82, 2.24) is 5.32 Å². The van der Waals surface area contributed by atoms with Gasteiger partial charge in [-0.05, 0) is 56.4 Å². The third kappa shape index (κ3) is 3.76. The molecule has 0 aromatic rings. The normalized spacial score (nSPS) is 32.6. The Morgan fingerprint density at radius 3 is 2.62 bits per heavy atom. The van der Waals surface area contributed by atoms with Gasteiger partial charge in [-0.25, -0.2) is 0 Å². The van der Waals surface area contributed by atoms with Crippen LogP contribution < -0.4 is 5.32 Å². The van der Waals surface area contributed by atoms with Gasteiger partial charge in [0.05, 0.1) is 0 Å². The minimum atomic E-state index is 0.849. The molecule has 0 aromatic carbocycles. The van der Waals surface area contributed by atoms with Crippen molar-refractivity contribution >= 4 is 0 Å². The van der Waals surface area contributed by atoms with E-state index in [1.54, 1.807) is 0 Å². The molecule has 3 unspecified atom stereocenters. The van der Waals surface area contributed by atoms with Crippen molar-refractivity contribution in [3.63, 3.8) is 0 Å². The van der Waals surface area contributed by atoms with Gasteiger partial charge in [-0.3, -0.25) is 0 Å². The summed E-state index contributed by atoms with van der Waals surface area (Å²) in [5.41, 5.74) is 0. The van der Waals surface area contributed by atoms with Crippen LogP contribution in [0.25, 0.3) is 0 Å². The summed E-state index contributed by atoms with van der Waals surface area (Å²) in [4.78, 5) is 0. The zero-order valence-electron chi connectivity index (χ0n) is 11.2. The van der Waals surface area contributed by atoms with Crippen LogP contribution in [-0.2, 0) is 0 Å². The average Bonchev–Trinajstić information content (AvgIpc) is 3.08. The second kappa shape index (κ2) is 6.05. The van der Waals surface area contributed by atoms with E-state index in [1.807, 2.05) is 0 Å². The smallest absolute Gasteiger partial charge is 0.00953 e. The number of hydrogen-bond acceptors (Lipinski definition) is 1. The van der Waals surface area contributed by atoms with Gasteiger partial charge in [-0.1, -0.05) is 33.1 Å². The lowest BCUT2D eigenvalue weighted by atomic mass is 9.79. The minimum absolute atomic E-state index is 0.849. The van der Waals surface area contributed by atoms with E-state index in [-0.39, 0.29) is 0 Å². The second-order valence-electron chi connectivity index (χ2n) is 6.22. The summed E-state index contributed by atoms with van der Waals surface area (Å²) in [6, 6.07) is 0.849. The third-order valence-corrected chi connectivity index (χ3v) is 4.59. The van der Waals surface area contributed by atoms with Crippen molar-refractivity contribution in [2.45, 2.75) is 71.3 Å². The molecule has 2 aliphatic rings. The third-order valence-electron chi connectivity index (χ3n) is 4.59. The summed E-state index contributed by atoms with van der Waals surface area (Å²) in [6.45, 7) is 5.84. The van der Waals surface area contributed by atoms with Gasteiger partial charge in [0.15, 0.2) is 0 Å². The van der Waals surface area contributed by atoms with Crippen LogP contribution in [0.1, 0.15) is 65.2 Å². The van der Waals surface area contributed by atoms with Crippen LogP contribution in [0.5, 0.6) is 0 Å². The van der Waals surface area contributed by atoms with Crippen molar-refractivity contribution in [2.75, 3.05) is 6.54 Å². The van der Waals surface area contributed by atoms with Crippen LogP contribution in [0.2, 0.25) is 0 Å². The zero-order valence-corrected chi connectivity index (χ0v) is 11.2. The molecule has 2 fully saturated rings. The number of rotatable bonds is 6. The molecular formula is C15H29N. The van der Waals surface area contributed by atoms with Crippen molar-refractivity contribution in [3.8, 4) is 0 Å². The Hall–Kier alpha value is -0.0400. The fraction of sp³-hybridized carbons (Fsp3) is 1.00. The van der Waals surface area contributed by atoms with Gasteiger partial charge in [-0.2, -0.15) is 0 Å².